The van der Waals surface area contributed by atoms with Crippen LogP contribution in [0.25, 0.3) is 0 Å². The van der Waals surface area contributed by atoms with Crippen molar-refractivity contribution >= 4 is 16.2 Å². The molecule has 1 saturated heterocycles. The molecule has 0 spiro atoms. The Balaban J connectivity index is 2.67. The van der Waals surface area contributed by atoms with Gasteiger partial charge in [-0.15, -0.1) is 0 Å². The molecule has 0 aromatic carbocycles. The van der Waals surface area contributed by atoms with E-state index in [2.05, 4.69) is 4.72 Å². The highest BCUT2D eigenvalue weighted by Gasteiger charge is 2.39. The molecule has 16 heavy (non-hydrogen) atoms. The predicted molar refractivity (Wildman–Crippen MR) is 59.1 cm³/mol. The van der Waals surface area contributed by atoms with Crippen LogP contribution in [0.5, 0.6) is 0 Å². The van der Waals surface area contributed by atoms with Crippen LogP contribution < -0.4 is 4.72 Å². The third-order valence-corrected chi connectivity index (χ3v) is 4.32. The molecule has 1 aliphatic rings. The first-order chi connectivity index (χ1) is 7.38. The first kappa shape index (κ1) is 13.4. The second-order valence-electron chi connectivity index (χ2n) is 4.14. The standard InChI is InChI=1S/C9H18N2O4S/c1-3-4-10-16(14,15)11-5-7(2)8(6-11)9(12)13/h7-8,10H,3-6H2,1-2H3,(H,12,13)/t7-,8-/m1/s1. The molecule has 0 aliphatic carbocycles. The molecule has 2 N–H and O–H groups in total. The molecule has 0 unspecified atom stereocenters. The van der Waals surface area contributed by atoms with Gasteiger partial charge in [0, 0.05) is 19.6 Å². The molecule has 0 saturated carbocycles. The Kier molecular flexibility index (Phi) is 4.28. The van der Waals surface area contributed by atoms with Crippen LogP contribution in [0.4, 0.5) is 0 Å². The van der Waals surface area contributed by atoms with Gasteiger partial charge in [-0.05, 0) is 12.3 Å². The SMILES string of the molecule is CCCNS(=O)(=O)N1C[C@@H](C)[C@H](C(=O)O)C1. The van der Waals surface area contributed by atoms with Gasteiger partial charge in [0.05, 0.1) is 5.92 Å². The molecule has 7 heteroatoms. The number of nitrogens with one attached hydrogen (secondary N) is 1. The highest BCUT2D eigenvalue weighted by Crippen LogP contribution is 2.24. The lowest BCUT2D eigenvalue weighted by atomic mass is 9.99. The highest BCUT2D eigenvalue weighted by atomic mass is 32.2. The predicted octanol–water partition coefficient (Wildman–Crippen LogP) is -0.117. The minimum Gasteiger partial charge on any atom is -0.481 e. The molecular formula is C9H18N2O4S. The number of carbonyl (C=O) groups is 1. The zero-order valence-electron chi connectivity index (χ0n) is 9.51. The van der Waals surface area contributed by atoms with Gasteiger partial charge in [0.2, 0.25) is 0 Å². The summed E-state index contributed by atoms with van der Waals surface area (Å²) in [5.41, 5.74) is 0. The van der Waals surface area contributed by atoms with E-state index in [1.165, 1.54) is 4.31 Å². The van der Waals surface area contributed by atoms with E-state index in [4.69, 9.17) is 5.11 Å². The average Bonchev–Trinajstić information content (AvgIpc) is 2.58. The zero-order chi connectivity index (χ0) is 12.3. The third-order valence-electron chi connectivity index (χ3n) is 2.77. The van der Waals surface area contributed by atoms with Crippen molar-refractivity contribution in [2.75, 3.05) is 19.6 Å². The quantitative estimate of drug-likeness (QED) is 0.712. The lowest BCUT2D eigenvalue weighted by Crippen LogP contribution is -2.40. The molecule has 1 heterocycles. The summed E-state index contributed by atoms with van der Waals surface area (Å²) < 4.78 is 27.1. The lowest BCUT2D eigenvalue weighted by Gasteiger charge is -2.16. The molecule has 0 bridgehead atoms. The van der Waals surface area contributed by atoms with Crippen molar-refractivity contribution in [1.82, 2.24) is 9.03 Å². The number of aliphatic carboxylic acids is 1. The summed E-state index contributed by atoms with van der Waals surface area (Å²) in [7, 11) is -3.50. The van der Waals surface area contributed by atoms with Gasteiger partial charge >= 0.3 is 5.97 Å². The van der Waals surface area contributed by atoms with Crippen LogP contribution in [0.2, 0.25) is 0 Å². The van der Waals surface area contributed by atoms with Gasteiger partial charge in [-0.3, -0.25) is 4.79 Å². The number of rotatable bonds is 5. The Labute approximate surface area is 95.8 Å². The first-order valence-electron chi connectivity index (χ1n) is 5.36. The molecule has 1 aliphatic heterocycles. The molecule has 1 fully saturated rings. The van der Waals surface area contributed by atoms with Crippen LogP contribution in [0.3, 0.4) is 0 Å². The van der Waals surface area contributed by atoms with Gasteiger partial charge in [0.15, 0.2) is 0 Å². The Morgan fingerprint density at radius 2 is 2.12 bits per heavy atom. The van der Waals surface area contributed by atoms with E-state index in [0.29, 0.717) is 13.0 Å². The van der Waals surface area contributed by atoms with Crippen molar-refractivity contribution in [1.29, 1.82) is 0 Å². The maximum atomic E-state index is 11.7. The molecular weight excluding hydrogens is 232 g/mol. The molecule has 0 radical (unpaired) electrons. The van der Waals surface area contributed by atoms with E-state index >= 15 is 0 Å². The van der Waals surface area contributed by atoms with Gasteiger partial charge in [0.1, 0.15) is 0 Å². The summed E-state index contributed by atoms with van der Waals surface area (Å²) in [5, 5.41) is 8.90. The number of carboxylic acids is 1. The van der Waals surface area contributed by atoms with Crippen molar-refractivity contribution in [3.8, 4) is 0 Å². The fourth-order valence-electron chi connectivity index (χ4n) is 1.76. The summed E-state index contributed by atoms with van der Waals surface area (Å²) in [6.07, 6.45) is 0.713. The maximum absolute atomic E-state index is 11.7. The van der Waals surface area contributed by atoms with Gasteiger partial charge in [-0.1, -0.05) is 13.8 Å². The van der Waals surface area contributed by atoms with Crippen LogP contribution in [-0.2, 0) is 15.0 Å². The van der Waals surface area contributed by atoms with Crippen LogP contribution in [0, 0.1) is 11.8 Å². The van der Waals surface area contributed by atoms with Crippen LogP contribution >= 0.6 is 0 Å². The van der Waals surface area contributed by atoms with Crippen molar-refractivity contribution < 1.29 is 18.3 Å². The second-order valence-corrected chi connectivity index (χ2v) is 5.89. The smallest absolute Gasteiger partial charge is 0.308 e. The topological polar surface area (TPSA) is 86.7 Å². The normalized spacial score (nSPS) is 27.1. The average molecular weight is 250 g/mol. The van der Waals surface area contributed by atoms with Crippen molar-refractivity contribution in [2.24, 2.45) is 11.8 Å². The second kappa shape index (κ2) is 5.11. The molecule has 6 nitrogen and oxygen atoms in total. The van der Waals surface area contributed by atoms with Gasteiger partial charge < -0.3 is 5.11 Å². The van der Waals surface area contributed by atoms with E-state index in [1.807, 2.05) is 6.92 Å². The summed E-state index contributed by atoms with van der Waals surface area (Å²) in [4.78, 5) is 10.9. The Bertz CT molecular complexity index is 355. The first-order valence-corrected chi connectivity index (χ1v) is 6.80. The number of hydrogen-bond acceptors (Lipinski definition) is 3. The summed E-state index contributed by atoms with van der Waals surface area (Å²) in [5.74, 6) is -1.67. The van der Waals surface area contributed by atoms with Gasteiger partial charge in [0.25, 0.3) is 10.2 Å². The maximum Gasteiger partial charge on any atom is 0.308 e. The van der Waals surface area contributed by atoms with Gasteiger partial charge in [-0.25, -0.2) is 4.72 Å². The van der Waals surface area contributed by atoms with E-state index in [-0.39, 0.29) is 19.0 Å². The Morgan fingerprint density at radius 1 is 1.50 bits per heavy atom. The molecule has 0 aromatic heterocycles. The van der Waals surface area contributed by atoms with Crippen LogP contribution in [0.1, 0.15) is 20.3 Å². The molecule has 1 rings (SSSR count). The summed E-state index contributed by atoms with van der Waals surface area (Å²) >= 11 is 0. The number of hydrogen-bond donors (Lipinski definition) is 2. The molecule has 94 valence electrons. The minimum atomic E-state index is -3.50. The largest absolute Gasteiger partial charge is 0.481 e. The number of carboxylic acid groups (broad SMARTS) is 1. The van der Waals surface area contributed by atoms with E-state index in [1.54, 1.807) is 6.92 Å². The van der Waals surface area contributed by atoms with Crippen LogP contribution in [0.15, 0.2) is 0 Å². The van der Waals surface area contributed by atoms with Crippen molar-refractivity contribution in [2.45, 2.75) is 20.3 Å². The minimum absolute atomic E-state index is 0.0650. The third kappa shape index (κ3) is 2.93. The molecule has 0 aromatic rings. The number of nitrogens with zero attached hydrogens (tertiary/aromatic N) is 1. The van der Waals surface area contributed by atoms with E-state index in [0.717, 1.165) is 0 Å². The Hall–Kier alpha value is -0.660. The van der Waals surface area contributed by atoms with Crippen molar-refractivity contribution in [3.05, 3.63) is 0 Å². The van der Waals surface area contributed by atoms with Gasteiger partial charge in [-0.2, -0.15) is 12.7 Å². The van der Waals surface area contributed by atoms with Crippen molar-refractivity contribution in [3.63, 3.8) is 0 Å². The Morgan fingerprint density at radius 3 is 2.56 bits per heavy atom. The molecule has 0 amide bonds. The zero-order valence-corrected chi connectivity index (χ0v) is 10.3. The van der Waals surface area contributed by atoms with Crippen LogP contribution in [-0.4, -0.2) is 43.4 Å². The monoisotopic (exact) mass is 250 g/mol. The van der Waals surface area contributed by atoms with E-state index < -0.39 is 22.1 Å². The fraction of sp³-hybridized carbons (Fsp3) is 0.889. The summed E-state index contributed by atoms with van der Waals surface area (Å²) in [6.45, 7) is 4.35. The molecule has 2 atom stereocenters. The van der Waals surface area contributed by atoms with E-state index in [9.17, 15) is 13.2 Å². The summed E-state index contributed by atoms with van der Waals surface area (Å²) in [6, 6.07) is 0. The lowest BCUT2D eigenvalue weighted by molar-refractivity contribution is -0.142. The highest BCUT2D eigenvalue weighted by molar-refractivity contribution is 7.87. The fourth-order valence-corrected chi connectivity index (χ4v) is 3.20.